The van der Waals surface area contributed by atoms with E-state index in [9.17, 15) is 31.1 Å². The molecule has 1 heterocycles. The Morgan fingerprint density at radius 3 is 2.20 bits per heavy atom. The third-order valence-corrected chi connectivity index (χ3v) is 9.35. The molecule has 1 atom stereocenters. The van der Waals surface area contributed by atoms with Crippen molar-refractivity contribution in [3.05, 3.63) is 118 Å². The van der Waals surface area contributed by atoms with Crippen LogP contribution in [0.5, 0.6) is 5.75 Å². The van der Waals surface area contributed by atoms with Crippen LogP contribution >= 0.6 is 0 Å². The van der Waals surface area contributed by atoms with E-state index in [4.69, 9.17) is 4.42 Å². The van der Waals surface area contributed by atoms with Gasteiger partial charge in [0, 0.05) is 17.7 Å². The van der Waals surface area contributed by atoms with Crippen LogP contribution in [-0.4, -0.2) is 21.9 Å². The number of hydrogen-bond acceptors (Lipinski definition) is 7. The predicted molar refractivity (Wildman–Crippen MR) is 145 cm³/mol. The average Bonchev–Trinajstić information content (AvgIpc) is 3.75. The first-order valence-electron chi connectivity index (χ1n) is 12.3. The SMILES string of the molecule is O=c1oc(CNS(=O)(=O)c2ccccc2)cc(O)c1C(c1cccc(NS(=O)(=O)c2ccc(F)cc2)c1)C1CC1. The lowest BCUT2D eigenvalue weighted by Gasteiger charge is -2.19. The van der Waals surface area contributed by atoms with E-state index in [1.807, 2.05) is 0 Å². The van der Waals surface area contributed by atoms with Gasteiger partial charge >= 0.3 is 5.63 Å². The minimum Gasteiger partial charge on any atom is -0.507 e. The summed E-state index contributed by atoms with van der Waals surface area (Å²) in [5.74, 6) is -1.55. The van der Waals surface area contributed by atoms with Gasteiger partial charge in [-0.05, 0) is 72.9 Å². The van der Waals surface area contributed by atoms with Gasteiger partial charge in [-0.1, -0.05) is 30.3 Å². The van der Waals surface area contributed by atoms with Crippen LogP contribution in [0.1, 0.15) is 35.6 Å². The lowest BCUT2D eigenvalue weighted by atomic mass is 9.87. The zero-order valence-electron chi connectivity index (χ0n) is 21.0. The van der Waals surface area contributed by atoms with Crippen molar-refractivity contribution in [2.24, 2.45) is 5.92 Å². The van der Waals surface area contributed by atoms with E-state index in [1.54, 1.807) is 42.5 Å². The molecule has 0 radical (unpaired) electrons. The van der Waals surface area contributed by atoms with Gasteiger partial charge in [-0.15, -0.1) is 0 Å². The molecule has 9 nitrogen and oxygen atoms in total. The minimum absolute atomic E-state index is 0.00992. The highest BCUT2D eigenvalue weighted by atomic mass is 32.2. The van der Waals surface area contributed by atoms with Crippen LogP contribution in [0.4, 0.5) is 10.1 Å². The number of hydrogen-bond donors (Lipinski definition) is 3. The monoisotopic (exact) mass is 584 g/mol. The quantitative estimate of drug-likeness (QED) is 0.252. The standard InChI is InChI=1S/C28H25FN2O7S2/c29-20-11-13-24(14-12-20)40(36,37)31-21-6-4-5-19(15-21)26(18-9-10-18)27-25(32)16-22(38-28(27)33)17-30-39(34,35)23-7-2-1-3-8-23/h1-8,11-16,18,26,30-32H,9-10,17H2. The highest BCUT2D eigenvalue weighted by Gasteiger charge is 2.37. The smallest absolute Gasteiger partial charge is 0.343 e. The summed E-state index contributed by atoms with van der Waals surface area (Å²) in [5.41, 5.74) is 0.00374. The molecule has 0 aliphatic heterocycles. The number of benzene rings is 3. The molecule has 3 aromatic carbocycles. The van der Waals surface area contributed by atoms with E-state index in [-0.39, 0.29) is 45.0 Å². The van der Waals surface area contributed by atoms with Crippen LogP contribution < -0.4 is 15.1 Å². The molecule has 1 aliphatic carbocycles. The van der Waals surface area contributed by atoms with Gasteiger partial charge in [0.1, 0.15) is 17.3 Å². The number of anilines is 1. The Hall–Kier alpha value is -4.00. The first kappa shape index (κ1) is 27.6. The normalized spacial score (nSPS) is 14.5. The summed E-state index contributed by atoms with van der Waals surface area (Å²) in [6.07, 6.45) is 1.57. The van der Waals surface area contributed by atoms with Crippen LogP contribution in [0.3, 0.4) is 0 Å². The van der Waals surface area contributed by atoms with Crippen molar-refractivity contribution in [1.82, 2.24) is 4.72 Å². The third kappa shape index (κ3) is 6.09. The number of rotatable bonds is 10. The highest BCUT2D eigenvalue weighted by Crippen LogP contribution is 2.48. The molecule has 0 amide bonds. The van der Waals surface area contributed by atoms with Crippen LogP contribution in [0.2, 0.25) is 0 Å². The Morgan fingerprint density at radius 2 is 1.55 bits per heavy atom. The second-order valence-electron chi connectivity index (χ2n) is 9.44. The van der Waals surface area contributed by atoms with Gasteiger partial charge in [0.2, 0.25) is 10.0 Å². The molecular weight excluding hydrogens is 559 g/mol. The zero-order valence-corrected chi connectivity index (χ0v) is 22.6. The van der Waals surface area contributed by atoms with Crippen molar-refractivity contribution in [2.75, 3.05) is 4.72 Å². The molecule has 1 saturated carbocycles. The van der Waals surface area contributed by atoms with E-state index >= 15 is 0 Å². The number of nitrogens with one attached hydrogen (secondary N) is 2. The van der Waals surface area contributed by atoms with Gasteiger partial charge in [0.15, 0.2) is 0 Å². The molecule has 0 bridgehead atoms. The number of halogens is 1. The molecule has 208 valence electrons. The maximum Gasteiger partial charge on any atom is 0.343 e. The number of sulfonamides is 2. The lowest BCUT2D eigenvalue weighted by Crippen LogP contribution is -2.24. The fraction of sp³-hybridized carbons (Fsp3) is 0.179. The summed E-state index contributed by atoms with van der Waals surface area (Å²) in [6.45, 7) is -0.352. The molecule has 40 heavy (non-hydrogen) atoms. The summed E-state index contributed by atoms with van der Waals surface area (Å²) in [7, 11) is -7.87. The molecule has 1 fully saturated rings. The molecule has 3 N–H and O–H groups in total. The van der Waals surface area contributed by atoms with Crippen LogP contribution in [-0.2, 0) is 26.6 Å². The fourth-order valence-electron chi connectivity index (χ4n) is 4.49. The summed E-state index contributed by atoms with van der Waals surface area (Å²) in [6, 6.07) is 19.8. The Labute approximate surface area is 230 Å². The number of aromatic hydroxyl groups is 1. The largest absolute Gasteiger partial charge is 0.507 e. The highest BCUT2D eigenvalue weighted by molar-refractivity contribution is 7.92. The molecule has 4 aromatic rings. The minimum atomic E-state index is -4.00. The van der Waals surface area contributed by atoms with Crippen LogP contribution in [0.15, 0.2) is 104 Å². The van der Waals surface area contributed by atoms with Crippen molar-refractivity contribution < 1.29 is 30.7 Å². The Morgan fingerprint density at radius 1 is 0.875 bits per heavy atom. The van der Waals surface area contributed by atoms with Crippen molar-refractivity contribution in [2.45, 2.75) is 35.1 Å². The van der Waals surface area contributed by atoms with Crippen molar-refractivity contribution in [3.8, 4) is 5.75 Å². The first-order valence-corrected chi connectivity index (χ1v) is 15.3. The van der Waals surface area contributed by atoms with Crippen molar-refractivity contribution in [1.29, 1.82) is 0 Å². The Bertz CT molecular complexity index is 1800. The van der Waals surface area contributed by atoms with E-state index in [0.717, 1.165) is 37.1 Å². The van der Waals surface area contributed by atoms with E-state index in [1.165, 1.54) is 18.2 Å². The Kier molecular flexibility index (Phi) is 7.49. The van der Waals surface area contributed by atoms with E-state index < -0.39 is 37.4 Å². The summed E-state index contributed by atoms with van der Waals surface area (Å²) in [5, 5.41) is 10.9. The molecule has 12 heteroatoms. The fourth-order valence-corrected chi connectivity index (χ4v) is 6.55. The summed E-state index contributed by atoms with van der Waals surface area (Å²) < 4.78 is 74.1. The lowest BCUT2D eigenvalue weighted by molar-refractivity contribution is 0.401. The topological polar surface area (TPSA) is 143 Å². The molecular formula is C28H25FN2O7S2. The zero-order chi connectivity index (χ0) is 28.5. The van der Waals surface area contributed by atoms with Gasteiger partial charge in [0.25, 0.3) is 10.0 Å². The van der Waals surface area contributed by atoms with E-state index in [2.05, 4.69) is 9.44 Å². The summed E-state index contributed by atoms with van der Waals surface area (Å²) in [4.78, 5) is 13.0. The molecule has 0 saturated heterocycles. The van der Waals surface area contributed by atoms with Crippen LogP contribution in [0.25, 0.3) is 0 Å². The molecule has 1 unspecified atom stereocenters. The van der Waals surface area contributed by atoms with Crippen molar-refractivity contribution >= 4 is 25.7 Å². The molecule has 0 spiro atoms. The van der Waals surface area contributed by atoms with Crippen LogP contribution in [0, 0.1) is 11.7 Å². The van der Waals surface area contributed by atoms with E-state index in [0.29, 0.717) is 5.56 Å². The summed E-state index contributed by atoms with van der Waals surface area (Å²) >= 11 is 0. The second-order valence-corrected chi connectivity index (χ2v) is 12.9. The van der Waals surface area contributed by atoms with Crippen molar-refractivity contribution in [3.63, 3.8) is 0 Å². The van der Waals surface area contributed by atoms with Gasteiger partial charge in [-0.3, -0.25) is 4.72 Å². The molecule has 5 rings (SSSR count). The predicted octanol–water partition coefficient (Wildman–Crippen LogP) is 4.31. The maximum absolute atomic E-state index is 13.2. The maximum atomic E-state index is 13.2. The van der Waals surface area contributed by atoms with Gasteiger partial charge in [-0.2, -0.15) is 0 Å². The molecule has 1 aromatic heterocycles. The second kappa shape index (κ2) is 10.9. The van der Waals surface area contributed by atoms with Gasteiger partial charge in [-0.25, -0.2) is 30.7 Å². The first-order chi connectivity index (χ1) is 19.0. The molecule has 1 aliphatic rings. The average molecular weight is 585 g/mol. The Balaban J connectivity index is 1.40. The third-order valence-electron chi connectivity index (χ3n) is 6.53. The van der Waals surface area contributed by atoms with Gasteiger partial charge < -0.3 is 9.52 Å². The van der Waals surface area contributed by atoms with Gasteiger partial charge in [0.05, 0.1) is 21.9 Å².